The van der Waals surface area contributed by atoms with E-state index in [9.17, 15) is 9.18 Å². The van der Waals surface area contributed by atoms with Crippen LogP contribution in [-0.2, 0) is 25.8 Å². The number of nitrogens with one attached hydrogen (secondary N) is 1. The second-order valence-electron chi connectivity index (χ2n) is 7.55. The van der Waals surface area contributed by atoms with Crippen LogP contribution in [0.15, 0.2) is 35.4 Å². The van der Waals surface area contributed by atoms with Crippen LogP contribution in [0.25, 0.3) is 10.2 Å². The van der Waals surface area contributed by atoms with Crippen LogP contribution >= 0.6 is 11.3 Å². The van der Waals surface area contributed by atoms with Gasteiger partial charge in [0.1, 0.15) is 10.6 Å². The molecule has 0 spiro atoms. The molecule has 0 fully saturated rings. The largest absolute Gasteiger partial charge is 0.313 e. The Kier molecular flexibility index (Phi) is 5.87. The summed E-state index contributed by atoms with van der Waals surface area (Å²) in [6.45, 7) is 3.70. The van der Waals surface area contributed by atoms with Crippen molar-refractivity contribution in [3.63, 3.8) is 0 Å². The van der Waals surface area contributed by atoms with E-state index >= 15 is 0 Å². The maximum Gasteiger partial charge on any atom is 0.262 e. The zero-order valence-corrected chi connectivity index (χ0v) is 17.0. The summed E-state index contributed by atoms with van der Waals surface area (Å²) in [5.74, 6) is -0.179. The van der Waals surface area contributed by atoms with Crippen molar-refractivity contribution in [1.29, 1.82) is 0 Å². The van der Waals surface area contributed by atoms with Gasteiger partial charge in [-0.25, -0.2) is 9.37 Å². The van der Waals surface area contributed by atoms with Gasteiger partial charge in [0.2, 0.25) is 0 Å². The number of nitrogens with zero attached hydrogens (tertiary/aromatic N) is 2. The van der Waals surface area contributed by atoms with E-state index in [1.165, 1.54) is 16.5 Å². The lowest BCUT2D eigenvalue weighted by Gasteiger charge is -2.23. The molecule has 4 rings (SSSR count). The minimum absolute atomic E-state index is 0.119. The maximum absolute atomic E-state index is 13.3. The van der Waals surface area contributed by atoms with Gasteiger partial charge >= 0.3 is 0 Å². The Balaban J connectivity index is 1.44. The Morgan fingerprint density at radius 1 is 1.39 bits per heavy atom. The quantitative estimate of drug-likeness (QED) is 0.651. The van der Waals surface area contributed by atoms with Gasteiger partial charge in [-0.2, -0.15) is 0 Å². The average Bonchev–Trinajstić information content (AvgIpc) is 3.06. The molecular weight excluding hydrogens is 373 g/mol. The zero-order valence-electron chi connectivity index (χ0n) is 16.2. The van der Waals surface area contributed by atoms with E-state index in [0.29, 0.717) is 6.04 Å². The lowest BCUT2D eigenvalue weighted by molar-refractivity contribution is 0.466. The van der Waals surface area contributed by atoms with Gasteiger partial charge in [0.15, 0.2) is 0 Å². The number of thiophene rings is 1. The number of fused-ring (bicyclic) bond motifs is 3. The molecule has 0 aliphatic heterocycles. The molecule has 1 aliphatic carbocycles. The van der Waals surface area contributed by atoms with E-state index in [1.807, 2.05) is 6.07 Å². The molecule has 0 bridgehead atoms. The van der Waals surface area contributed by atoms with Crippen LogP contribution in [0.2, 0.25) is 0 Å². The number of halogens is 1. The summed E-state index contributed by atoms with van der Waals surface area (Å²) in [6, 6.07) is 7.20. The molecule has 2 aromatic heterocycles. The Labute approximate surface area is 168 Å². The number of aromatic nitrogens is 2. The molecule has 1 aromatic carbocycles. The van der Waals surface area contributed by atoms with Gasteiger partial charge in [-0.3, -0.25) is 9.36 Å². The Bertz CT molecular complexity index is 1030. The second kappa shape index (κ2) is 8.53. The smallest absolute Gasteiger partial charge is 0.262 e. The van der Waals surface area contributed by atoms with Crippen molar-refractivity contribution in [3.8, 4) is 0 Å². The van der Waals surface area contributed by atoms with Gasteiger partial charge in [-0.1, -0.05) is 25.5 Å². The molecule has 148 valence electrons. The van der Waals surface area contributed by atoms with Gasteiger partial charge in [-0.15, -0.1) is 11.3 Å². The molecule has 1 aliphatic rings. The third-order valence-corrected chi connectivity index (χ3v) is 6.69. The number of hydrogen-bond acceptors (Lipinski definition) is 4. The van der Waals surface area contributed by atoms with Crippen LogP contribution in [0, 0.1) is 5.82 Å². The molecule has 1 atom stereocenters. The van der Waals surface area contributed by atoms with Crippen LogP contribution < -0.4 is 10.9 Å². The number of aryl methyl sites for hydroxylation is 2. The van der Waals surface area contributed by atoms with E-state index in [-0.39, 0.29) is 11.4 Å². The molecule has 0 radical (unpaired) electrons. The molecule has 0 amide bonds. The fraction of sp³-hybridized carbons (Fsp3) is 0.455. The first-order valence-electron chi connectivity index (χ1n) is 10.1. The summed E-state index contributed by atoms with van der Waals surface area (Å²) in [5, 5.41) is 4.45. The summed E-state index contributed by atoms with van der Waals surface area (Å²) < 4.78 is 15.1. The SMILES string of the molecule is CCCCn1cnc2sc3c(c2c1=O)CCC(NCCc1cccc(F)c1)C3. The van der Waals surface area contributed by atoms with E-state index in [4.69, 9.17) is 0 Å². The molecule has 4 nitrogen and oxygen atoms in total. The highest BCUT2D eigenvalue weighted by Gasteiger charge is 2.24. The molecule has 1 N–H and O–H groups in total. The van der Waals surface area contributed by atoms with E-state index in [1.54, 1.807) is 34.4 Å². The molecule has 1 unspecified atom stereocenters. The lowest BCUT2D eigenvalue weighted by atomic mass is 9.93. The minimum atomic E-state index is -0.179. The average molecular weight is 400 g/mol. The van der Waals surface area contributed by atoms with Crippen LogP contribution in [0.1, 0.15) is 42.2 Å². The predicted molar refractivity (Wildman–Crippen MR) is 113 cm³/mol. The van der Waals surface area contributed by atoms with E-state index in [2.05, 4.69) is 17.2 Å². The highest BCUT2D eigenvalue weighted by atomic mass is 32.1. The summed E-state index contributed by atoms with van der Waals surface area (Å²) in [4.78, 5) is 19.6. The first kappa shape index (κ1) is 19.3. The summed E-state index contributed by atoms with van der Waals surface area (Å²) in [7, 11) is 0. The van der Waals surface area contributed by atoms with Crippen LogP contribution in [0.5, 0.6) is 0 Å². The lowest BCUT2D eigenvalue weighted by Crippen LogP contribution is -2.35. The maximum atomic E-state index is 13.3. The third kappa shape index (κ3) is 4.03. The zero-order chi connectivity index (χ0) is 19.5. The van der Waals surface area contributed by atoms with Gasteiger partial charge in [0.05, 0.1) is 11.7 Å². The number of rotatable bonds is 7. The van der Waals surface area contributed by atoms with Crippen LogP contribution in [0.3, 0.4) is 0 Å². The van der Waals surface area contributed by atoms with Crippen molar-refractivity contribution in [3.05, 3.63) is 62.8 Å². The number of benzene rings is 1. The number of unbranched alkanes of at least 4 members (excludes halogenated alkanes) is 1. The van der Waals surface area contributed by atoms with E-state index in [0.717, 1.165) is 67.4 Å². The van der Waals surface area contributed by atoms with Crippen LogP contribution in [0.4, 0.5) is 4.39 Å². The second-order valence-corrected chi connectivity index (χ2v) is 8.64. The Hall–Kier alpha value is -2.05. The van der Waals surface area contributed by atoms with Gasteiger partial charge < -0.3 is 5.32 Å². The third-order valence-electron chi connectivity index (χ3n) is 5.52. The number of hydrogen-bond donors (Lipinski definition) is 1. The van der Waals surface area contributed by atoms with Crippen molar-refractivity contribution in [1.82, 2.24) is 14.9 Å². The van der Waals surface area contributed by atoms with Crippen molar-refractivity contribution in [2.45, 2.75) is 58.0 Å². The molecule has 6 heteroatoms. The Morgan fingerprint density at radius 2 is 2.29 bits per heavy atom. The standard InChI is InChI=1S/C22H26FN3OS/c1-2-3-11-26-14-25-21-20(22(26)27)18-8-7-17(13-19(18)28-21)24-10-9-15-5-4-6-16(23)12-15/h4-6,12,14,17,24H,2-3,7-11,13H2,1H3. The van der Waals surface area contributed by atoms with Crippen molar-refractivity contribution in [2.75, 3.05) is 6.54 Å². The summed E-state index contributed by atoms with van der Waals surface area (Å²) >= 11 is 1.67. The van der Waals surface area contributed by atoms with Crippen molar-refractivity contribution >= 4 is 21.6 Å². The highest BCUT2D eigenvalue weighted by molar-refractivity contribution is 7.18. The highest BCUT2D eigenvalue weighted by Crippen LogP contribution is 2.33. The Morgan fingerprint density at radius 3 is 3.11 bits per heavy atom. The summed E-state index contributed by atoms with van der Waals surface area (Å²) in [6.07, 6.45) is 7.46. The monoisotopic (exact) mass is 399 g/mol. The van der Waals surface area contributed by atoms with Crippen LogP contribution in [-0.4, -0.2) is 22.1 Å². The fourth-order valence-corrected chi connectivity index (χ4v) is 5.23. The van der Waals surface area contributed by atoms with Gasteiger partial charge in [0.25, 0.3) is 5.56 Å². The fourth-order valence-electron chi connectivity index (χ4n) is 3.98. The molecule has 2 heterocycles. The molecule has 28 heavy (non-hydrogen) atoms. The molecule has 3 aromatic rings. The van der Waals surface area contributed by atoms with Gasteiger partial charge in [-0.05, 0) is 61.9 Å². The van der Waals surface area contributed by atoms with Crippen molar-refractivity contribution < 1.29 is 4.39 Å². The normalized spacial score (nSPS) is 16.4. The van der Waals surface area contributed by atoms with E-state index < -0.39 is 0 Å². The summed E-state index contributed by atoms with van der Waals surface area (Å²) in [5.41, 5.74) is 2.35. The topological polar surface area (TPSA) is 46.9 Å². The molecule has 0 saturated carbocycles. The first-order chi connectivity index (χ1) is 13.7. The van der Waals surface area contributed by atoms with Gasteiger partial charge in [0, 0.05) is 17.5 Å². The first-order valence-corrected chi connectivity index (χ1v) is 10.9. The predicted octanol–water partition coefficient (Wildman–Crippen LogP) is 4.09. The van der Waals surface area contributed by atoms with Crippen molar-refractivity contribution in [2.24, 2.45) is 0 Å². The minimum Gasteiger partial charge on any atom is -0.313 e. The molecule has 0 saturated heterocycles. The molecular formula is C22H26FN3OS.